The van der Waals surface area contributed by atoms with E-state index >= 15 is 0 Å². The fourth-order valence-corrected chi connectivity index (χ4v) is 2.92. The predicted octanol–water partition coefficient (Wildman–Crippen LogP) is 4.05. The van der Waals surface area contributed by atoms with Crippen molar-refractivity contribution in [1.82, 2.24) is 9.97 Å². The number of benzene rings is 2. The molecule has 4 rings (SSSR count). The van der Waals surface area contributed by atoms with Gasteiger partial charge in [-0.15, -0.1) is 0 Å². The first kappa shape index (κ1) is 12.8. The molecule has 3 nitrogen and oxygen atoms in total. The minimum atomic E-state index is -0.0612. The molecular weight excluding hydrogens is 272 g/mol. The van der Waals surface area contributed by atoms with Gasteiger partial charge >= 0.3 is 0 Å². The Morgan fingerprint density at radius 1 is 1.00 bits per heavy atom. The zero-order chi connectivity index (χ0) is 15.1. The summed E-state index contributed by atoms with van der Waals surface area (Å²) in [5.41, 5.74) is 4.22. The number of aromatic amines is 1. The first-order valence-electron chi connectivity index (χ1n) is 7.20. The van der Waals surface area contributed by atoms with Crippen molar-refractivity contribution >= 4 is 21.7 Å². The zero-order valence-electron chi connectivity index (χ0n) is 12.1. The quantitative estimate of drug-likeness (QED) is 0.573. The highest BCUT2D eigenvalue weighted by Crippen LogP contribution is 2.30. The summed E-state index contributed by atoms with van der Waals surface area (Å²) in [7, 11) is 0. The first-order chi connectivity index (χ1) is 10.7. The van der Waals surface area contributed by atoms with Crippen LogP contribution in [0.4, 0.5) is 0 Å². The van der Waals surface area contributed by atoms with Crippen LogP contribution >= 0.6 is 0 Å². The van der Waals surface area contributed by atoms with E-state index in [0.29, 0.717) is 5.39 Å². The molecule has 1 N–H and O–H groups in total. The third-order valence-corrected chi connectivity index (χ3v) is 4.06. The maximum absolute atomic E-state index is 12.0. The van der Waals surface area contributed by atoms with Crippen LogP contribution in [0.5, 0.6) is 0 Å². The number of nitrogens with zero attached hydrogens (tertiary/aromatic N) is 1. The van der Waals surface area contributed by atoms with Crippen LogP contribution < -0.4 is 5.56 Å². The van der Waals surface area contributed by atoms with Gasteiger partial charge in [-0.2, -0.15) is 0 Å². The third-order valence-electron chi connectivity index (χ3n) is 4.06. The average Bonchev–Trinajstić information content (AvgIpc) is 2.56. The van der Waals surface area contributed by atoms with E-state index in [9.17, 15) is 4.79 Å². The highest BCUT2D eigenvalue weighted by molar-refractivity contribution is 5.98. The highest BCUT2D eigenvalue weighted by atomic mass is 16.1. The summed E-state index contributed by atoms with van der Waals surface area (Å²) in [5, 5.41) is 2.76. The van der Waals surface area contributed by atoms with Gasteiger partial charge in [0.05, 0.1) is 5.52 Å². The van der Waals surface area contributed by atoms with Gasteiger partial charge in [-0.3, -0.25) is 9.78 Å². The van der Waals surface area contributed by atoms with Crippen molar-refractivity contribution in [3.05, 3.63) is 76.8 Å². The molecular formula is C19H14N2O. The van der Waals surface area contributed by atoms with Crippen LogP contribution in [0.1, 0.15) is 5.56 Å². The Kier molecular flexibility index (Phi) is 2.79. The van der Waals surface area contributed by atoms with Gasteiger partial charge in [-0.1, -0.05) is 30.3 Å². The zero-order valence-corrected chi connectivity index (χ0v) is 12.1. The molecule has 2 heterocycles. The molecule has 0 atom stereocenters. The van der Waals surface area contributed by atoms with Gasteiger partial charge < -0.3 is 4.98 Å². The lowest BCUT2D eigenvalue weighted by atomic mass is 9.97. The van der Waals surface area contributed by atoms with E-state index in [0.717, 1.165) is 33.0 Å². The monoisotopic (exact) mass is 286 g/mol. The van der Waals surface area contributed by atoms with E-state index < -0.39 is 0 Å². The van der Waals surface area contributed by atoms with Crippen LogP contribution in [-0.2, 0) is 0 Å². The Bertz CT molecular complexity index is 1060. The number of rotatable bonds is 1. The summed E-state index contributed by atoms with van der Waals surface area (Å²) in [4.78, 5) is 19.2. The number of H-pyrrole nitrogens is 1. The largest absolute Gasteiger partial charge is 0.329 e. The van der Waals surface area contributed by atoms with Crippen LogP contribution in [0.2, 0.25) is 0 Å². The first-order valence-corrected chi connectivity index (χ1v) is 7.20. The van der Waals surface area contributed by atoms with Crippen LogP contribution in [0.15, 0.2) is 65.7 Å². The van der Waals surface area contributed by atoms with Gasteiger partial charge in [0.1, 0.15) is 0 Å². The van der Waals surface area contributed by atoms with Crippen molar-refractivity contribution in [2.75, 3.05) is 0 Å². The number of aromatic nitrogens is 2. The normalized spacial score (nSPS) is 11.1. The number of fused-ring (bicyclic) bond motifs is 2. The van der Waals surface area contributed by atoms with E-state index in [-0.39, 0.29) is 5.56 Å². The Morgan fingerprint density at radius 3 is 2.82 bits per heavy atom. The molecule has 0 spiro atoms. The van der Waals surface area contributed by atoms with Crippen molar-refractivity contribution < 1.29 is 0 Å². The molecule has 3 heteroatoms. The summed E-state index contributed by atoms with van der Waals surface area (Å²) in [6.07, 6.45) is 3.49. The second kappa shape index (κ2) is 4.81. The molecule has 22 heavy (non-hydrogen) atoms. The van der Waals surface area contributed by atoms with Crippen molar-refractivity contribution in [2.24, 2.45) is 0 Å². The Labute approximate surface area is 127 Å². The van der Waals surface area contributed by atoms with E-state index in [2.05, 4.69) is 41.2 Å². The molecule has 0 aliphatic carbocycles. The van der Waals surface area contributed by atoms with Gasteiger partial charge in [0, 0.05) is 23.2 Å². The van der Waals surface area contributed by atoms with Crippen molar-refractivity contribution in [3.63, 3.8) is 0 Å². The number of aryl methyl sites for hydroxylation is 1. The highest BCUT2D eigenvalue weighted by Gasteiger charge is 2.08. The SMILES string of the molecule is Cc1ccc(-c2ccc3cc[nH]c(=O)c3c2)c2cccnc12. The fourth-order valence-electron chi connectivity index (χ4n) is 2.92. The summed E-state index contributed by atoms with van der Waals surface area (Å²) in [5.74, 6) is 0. The maximum Gasteiger partial charge on any atom is 0.255 e. The molecule has 0 bridgehead atoms. The summed E-state index contributed by atoms with van der Waals surface area (Å²) < 4.78 is 0. The molecule has 0 aliphatic rings. The molecule has 2 aromatic carbocycles. The topological polar surface area (TPSA) is 45.8 Å². The number of nitrogens with one attached hydrogen (secondary N) is 1. The summed E-state index contributed by atoms with van der Waals surface area (Å²) in [6.45, 7) is 2.06. The second-order valence-corrected chi connectivity index (χ2v) is 5.44. The fraction of sp³-hybridized carbons (Fsp3) is 0.0526. The average molecular weight is 286 g/mol. The lowest BCUT2D eigenvalue weighted by Gasteiger charge is -2.09. The van der Waals surface area contributed by atoms with Crippen LogP contribution in [-0.4, -0.2) is 9.97 Å². The lowest BCUT2D eigenvalue weighted by molar-refractivity contribution is 1.28. The Balaban J connectivity index is 2.06. The van der Waals surface area contributed by atoms with Gasteiger partial charge in [-0.05, 0) is 47.2 Å². The molecule has 0 saturated carbocycles. The second-order valence-electron chi connectivity index (χ2n) is 5.44. The van der Waals surface area contributed by atoms with Crippen molar-refractivity contribution in [1.29, 1.82) is 0 Å². The van der Waals surface area contributed by atoms with Crippen LogP contribution in [0.3, 0.4) is 0 Å². The minimum Gasteiger partial charge on any atom is -0.329 e. The van der Waals surface area contributed by atoms with Crippen LogP contribution in [0, 0.1) is 6.92 Å². The van der Waals surface area contributed by atoms with Gasteiger partial charge in [-0.25, -0.2) is 0 Å². The smallest absolute Gasteiger partial charge is 0.255 e. The molecule has 106 valence electrons. The third kappa shape index (κ3) is 1.91. The van der Waals surface area contributed by atoms with E-state index in [1.54, 1.807) is 6.20 Å². The lowest BCUT2D eigenvalue weighted by Crippen LogP contribution is -2.04. The Hall–Kier alpha value is -2.94. The van der Waals surface area contributed by atoms with E-state index in [4.69, 9.17) is 0 Å². The molecule has 0 amide bonds. The molecule has 0 unspecified atom stereocenters. The van der Waals surface area contributed by atoms with Gasteiger partial charge in [0.2, 0.25) is 0 Å². The van der Waals surface area contributed by atoms with E-state index in [1.807, 2.05) is 30.5 Å². The molecule has 2 aromatic heterocycles. The number of hydrogen-bond donors (Lipinski definition) is 1. The van der Waals surface area contributed by atoms with Gasteiger partial charge in [0.15, 0.2) is 0 Å². The summed E-state index contributed by atoms with van der Waals surface area (Å²) in [6, 6.07) is 16.1. The molecule has 0 radical (unpaired) electrons. The predicted molar refractivity (Wildman–Crippen MR) is 90.0 cm³/mol. The standard InChI is InChI=1S/C19H14N2O/c1-12-4-7-15(16-3-2-9-20-18(12)16)14-6-5-13-8-10-21-19(22)17(13)11-14/h2-11H,1H3,(H,21,22). The van der Waals surface area contributed by atoms with Crippen molar-refractivity contribution in [2.45, 2.75) is 6.92 Å². The minimum absolute atomic E-state index is 0.0612. The molecule has 0 saturated heterocycles. The maximum atomic E-state index is 12.0. The van der Waals surface area contributed by atoms with Crippen LogP contribution in [0.25, 0.3) is 32.8 Å². The molecule has 0 fully saturated rings. The molecule has 0 aliphatic heterocycles. The summed E-state index contributed by atoms with van der Waals surface area (Å²) >= 11 is 0. The number of pyridine rings is 2. The molecule has 4 aromatic rings. The van der Waals surface area contributed by atoms with Crippen molar-refractivity contribution in [3.8, 4) is 11.1 Å². The number of hydrogen-bond acceptors (Lipinski definition) is 2. The van der Waals surface area contributed by atoms with E-state index in [1.165, 1.54) is 0 Å². The van der Waals surface area contributed by atoms with Gasteiger partial charge in [0.25, 0.3) is 5.56 Å². The Morgan fingerprint density at radius 2 is 1.91 bits per heavy atom.